The first-order chi connectivity index (χ1) is 7.30. The number of hydrogen-bond donors (Lipinski definition) is 1. The number of pyridine rings is 1. The highest BCUT2D eigenvalue weighted by Gasteiger charge is 2.19. The van der Waals surface area contributed by atoms with Gasteiger partial charge in [0.25, 0.3) is 0 Å². The molecule has 2 nitrogen and oxygen atoms in total. The number of halogens is 2. The number of rotatable bonds is 3. The lowest BCUT2D eigenvalue weighted by atomic mass is 9.82. The van der Waals surface area contributed by atoms with Crippen LogP contribution in [0.3, 0.4) is 0 Å². The largest absolute Gasteiger partial charge is 0.369 e. The van der Waals surface area contributed by atoms with Gasteiger partial charge in [0.15, 0.2) is 0 Å². The van der Waals surface area contributed by atoms with Crippen molar-refractivity contribution in [3.05, 3.63) is 21.8 Å². The van der Waals surface area contributed by atoms with Crippen LogP contribution in [0.15, 0.2) is 16.7 Å². The molecule has 4 heteroatoms. The minimum Gasteiger partial charge on any atom is -0.369 e. The van der Waals surface area contributed by atoms with Gasteiger partial charge in [-0.05, 0) is 33.3 Å². The Labute approximate surface area is 111 Å². The van der Waals surface area contributed by atoms with Gasteiger partial charge >= 0.3 is 0 Å². The van der Waals surface area contributed by atoms with Gasteiger partial charge in [0.05, 0.1) is 9.50 Å². The standard InChI is InChI=1S/C12H18BrClN2/c1-8(12(2,3)4)6-15-11-10(13)5-9(14)7-16-11/h5,7-8H,6H2,1-4H3,(H,15,16). The molecule has 1 heterocycles. The van der Waals surface area contributed by atoms with Crippen LogP contribution in [-0.2, 0) is 0 Å². The zero-order valence-corrected chi connectivity index (χ0v) is 12.5. The van der Waals surface area contributed by atoms with Gasteiger partial charge in [-0.1, -0.05) is 39.3 Å². The molecule has 1 aromatic rings. The molecule has 0 amide bonds. The molecule has 1 rings (SSSR count). The lowest BCUT2D eigenvalue weighted by Crippen LogP contribution is -2.25. The van der Waals surface area contributed by atoms with Gasteiger partial charge in [0, 0.05) is 12.7 Å². The maximum atomic E-state index is 5.83. The first kappa shape index (κ1) is 13.8. The molecule has 0 spiro atoms. The first-order valence-corrected chi connectivity index (χ1v) is 6.52. The van der Waals surface area contributed by atoms with Crippen LogP contribution in [-0.4, -0.2) is 11.5 Å². The zero-order chi connectivity index (χ0) is 12.3. The van der Waals surface area contributed by atoms with Crippen LogP contribution in [0, 0.1) is 11.3 Å². The second-order valence-electron chi connectivity index (χ2n) is 5.13. The van der Waals surface area contributed by atoms with E-state index in [1.54, 1.807) is 6.20 Å². The molecular weight excluding hydrogens is 288 g/mol. The van der Waals surface area contributed by atoms with Crippen LogP contribution in [0.2, 0.25) is 5.02 Å². The van der Waals surface area contributed by atoms with E-state index in [0.29, 0.717) is 16.4 Å². The Morgan fingerprint density at radius 2 is 2.12 bits per heavy atom. The monoisotopic (exact) mass is 304 g/mol. The normalized spacial score (nSPS) is 13.6. The molecule has 1 atom stereocenters. The predicted molar refractivity (Wildman–Crippen MR) is 74.1 cm³/mol. The van der Waals surface area contributed by atoms with Gasteiger partial charge in [0.1, 0.15) is 5.82 Å². The molecule has 0 fully saturated rings. The van der Waals surface area contributed by atoms with Gasteiger partial charge in [-0.25, -0.2) is 4.98 Å². The van der Waals surface area contributed by atoms with Gasteiger partial charge in [0.2, 0.25) is 0 Å². The fraction of sp³-hybridized carbons (Fsp3) is 0.583. The van der Waals surface area contributed by atoms with E-state index in [2.05, 4.69) is 53.9 Å². The van der Waals surface area contributed by atoms with Crippen molar-refractivity contribution in [3.8, 4) is 0 Å². The minimum atomic E-state index is 0.298. The number of anilines is 1. The van der Waals surface area contributed by atoms with Crippen molar-refractivity contribution in [1.82, 2.24) is 4.98 Å². The van der Waals surface area contributed by atoms with Gasteiger partial charge in [-0.2, -0.15) is 0 Å². The number of aromatic nitrogens is 1. The maximum absolute atomic E-state index is 5.83. The van der Waals surface area contributed by atoms with E-state index in [-0.39, 0.29) is 0 Å². The zero-order valence-electron chi connectivity index (χ0n) is 10.1. The highest BCUT2D eigenvalue weighted by Crippen LogP contribution is 2.27. The maximum Gasteiger partial charge on any atom is 0.140 e. The predicted octanol–water partition coefficient (Wildman–Crippen LogP) is 4.59. The van der Waals surface area contributed by atoms with E-state index in [4.69, 9.17) is 11.6 Å². The van der Waals surface area contributed by atoms with E-state index in [9.17, 15) is 0 Å². The number of hydrogen-bond acceptors (Lipinski definition) is 2. The quantitative estimate of drug-likeness (QED) is 0.883. The minimum absolute atomic E-state index is 0.298. The molecule has 0 aliphatic heterocycles. The van der Waals surface area contributed by atoms with Crippen LogP contribution in [0.1, 0.15) is 27.7 Å². The lowest BCUT2D eigenvalue weighted by molar-refractivity contribution is 0.274. The van der Waals surface area contributed by atoms with Crippen molar-refractivity contribution in [2.75, 3.05) is 11.9 Å². The fourth-order valence-electron chi connectivity index (χ4n) is 1.10. The van der Waals surface area contributed by atoms with Crippen molar-refractivity contribution in [2.45, 2.75) is 27.7 Å². The second kappa shape index (κ2) is 5.37. The van der Waals surface area contributed by atoms with Crippen LogP contribution >= 0.6 is 27.5 Å². The summed E-state index contributed by atoms with van der Waals surface area (Å²) >= 11 is 9.27. The first-order valence-electron chi connectivity index (χ1n) is 5.35. The van der Waals surface area contributed by atoms with Crippen LogP contribution < -0.4 is 5.32 Å². The Kier molecular flexibility index (Phi) is 4.62. The molecule has 1 unspecified atom stereocenters. The van der Waals surface area contributed by atoms with Crippen molar-refractivity contribution < 1.29 is 0 Å². The number of nitrogens with zero attached hydrogens (tertiary/aromatic N) is 1. The SMILES string of the molecule is CC(CNc1ncc(Cl)cc1Br)C(C)(C)C. The fourth-order valence-corrected chi connectivity index (χ4v) is 1.88. The average Bonchev–Trinajstić information content (AvgIpc) is 2.14. The smallest absolute Gasteiger partial charge is 0.140 e. The van der Waals surface area contributed by atoms with E-state index in [0.717, 1.165) is 16.8 Å². The van der Waals surface area contributed by atoms with Crippen molar-refractivity contribution in [3.63, 3.8) is 0 Å². The van der Waals surface area contributed by atoms with E-state index in [1.165, 1.54) is 0 Å². The summed E-state index contributed by atoms with van der Waals surface area (Å²) in [6, 6.07) is 1.85. The molecular formula is C12H18BrClN2. The topological polar surface area (TPSA) is 24.9 Å². The molecule has 0 radical (unpaired) electrons. The molecule has 0 bridgehead atoms. The highest BCUT2D eigenvalue weighted by atomic mass is 79.9. The third kappa shape index (κ3) is 3.95. The molecule has 0 saturated heterocycles. The molecule has 1 N–H and O–H groups in total. The Hall–Kier alpha value is -0.280. The average molecular weight is 306 g/mol. The summed E-state index contributed by atoms with van der Waals surface area (Å²) in [5.41, 5.74) is 0.298. The lowest BCUT2D eigenvalue weighted by Gasteiger charge is -2.27. The molecule has 16 heavy (non-hydrogen) atoms. The van der Waals surface area contributed by atoms with Crippen molar-refractivity contribution >= 4 is 33.3 Å². The third-order valence-electron chi connectivity index (χ3n) is 2.86. The summed E-state index contributed by atoms with van der Waals surface area (Å²) in [5.74, 6) is 1.41. The van der Waals surface area contributed by atoms with Crippen molar-refractivity contribution in [2.24, 2.45) is 11.3 Å². The van der Waals surface area contributed by atoms with Gasteiger partial charge < -0.3 is 5.32 Å². The Morgan fingerprint density at radius 3 is 2.62 bits per heavy atom. The molecule has 0 aliphatic rings. The Bertz CT molecular complexity index is 361. The molecule has 0 aliphatic carbocycles. The molecule has 0 saturated carbocycles. The summed E-state index contributed by atoms with van der Waals surface area (Å²) in [5, 5.41) is 3.97. The molecule has 90 valence electrons. The summed E-state index contributed by atoms with van der Waals surface area (Å²) in [6.07, 6.45) is 1.65. The van der Waals surface area contributed by atoms with Crippen molar-refractivity contribution in [1.29, 1.82) is 0 Å². The second-order valence-corrected chi connectivity index (χ2v) is 6.42. The van der Waals surface area contributed by atoms with Gasteiger partial charge in [-0.15, -0.1) is 0 Å². The molecule has 0 aromatic carbocycles. The van der Waals surface area contributed by atoms with E-state index in [1.807, 2.05) is 6.07 Å². The van der Waals surface area contributed by atoms with Crippen LogP contribution in [0.5, 0.6) is 0 Å². The summed E-state index contributed by atoms with van der Waals surface area (Å²) in [7, 11) is 0. The van der Waals surface area contributed by atoms with Crippen LogP contribution in [0.4, 0.5) is 5.82 Å². The number of nitrogens with one attached hydrogen (secondary N) is 1. The summed E-state index contributed by atoms with van der Waals surface area (Å²) in [4.78, 5) is 4.24. The Balaban J connectivity index is 2.62. The van der Waals surface area contributed by atoms with E-state index >= 15 is 0 Å². The Morgan fingerprint density at radius 1 is 1.50 bits per heavy atom. The van der Waals surface area contributed by atoms with Crippen LogP contribution in [0.25, 0.3) is 0 Å². The van der Waals surface area contributed by atoms with E-state index < -0.39 is 0 Å². The highest BCUT2D eigenvalue weighted by molar-refractivity contribution is 9.10. The third-order valence-corrected chi connectivity index (χ3v) is 3.67. The molecule has 1 aromatic heterocycles. The van der Waals surface area contributed by atoms with Gasteiger partial charge in [-0.3, -0.25) is 0 Å². The summed E-state index contributed by atoms with van der Waals surface area (Å²) < 4.78 is 0.904. The summed E-state index contributed by atoms with van der Waals surface area (Å²) in [6.45, 7) is 9.85.